The van der Waals surface area contributed by atoms with Crippen LogP contribution in [0.2, 0.25) is 0 Å². The molecule has 0 saturated heterocycles. The molecular weight excluding hydrogens is 388 g/mol. The summed E-state index contributed by atoms with van der Waals surface area (Å²) in [5, 5.41) is 0. The molecule has 0 unspecified atom stereocenters. The van der Waals surface area contributed by atoms with Crippen molar-refractivity contribution in [2.75, 3.05) is 0 Å². The van der Waals surface area contributed by atoms with Gasteiger partial charge in [-0.25, -0.2) is 4.98 Å². The quantitative estimate of drug-likeness (QED) is 0.669. The predicted molar refractivity (Wildman–Crippen MR) is 117 cm³/mol. The van der Waals surface area contributed by atoms with Crippen LogP contribution in [0.15, 0.2) is 65.7 Å². The van der Waals surface area contributed by atoms with E-state index in [9.17, 15) is 9.59 Å². The lowest BCUT2D eigenvalue weighted by molar-refractivity contribution is -0.120. The fourth-order valence-electron chi connectivity index (χ4n) is 5.26. The van der Waals surface area contributed by atoms with Gasteiger partial charge < -0.3 is 9.30 Å². The second-order valence-corrected chi connectivity index (χ2v) is 10.7. The molecule has 5 nitrogen and oxygen atoms in total. The smallest absolute Gasteiger partial charge is 0.163 e. The van der Waals surface area contributed by atoms with Gasteiger partial charge in [-0.1, -0.05) is 39.8 Å². The Morgan fingerprint density at radius 2 is 1.42 bits per heavy atom. The largest absolute Gasteiger partial charge is 0.465 e. The summed E-state index contributed by atoms with van der Waals surface area (Å²) in [6.07, 6.45) is 7.76. The number of benzene rings is 1. The van der Waals surface area contributed by atoms with Crippen molar-refractivity contribution in [1.29, 1.82) is 0 Å². The van der Waals surface area contributed by atoms with Crippen LogP contribution in [0.5, 0.6) is 0 Å². The summed E-state index contributed by atoms with van der Waals surface area (Å²) in [5.41, 5.74) is 3.04. The molecular formula is C26H28N2O3. The first-order valence-electron chi connectivity index (χ1n) is 10.9. The van der Waals surface area contributed by atoms with Crippen molar-refractivity contribution in [3.05, 3.63) is 71.2 Å². The maximum atomic E-state index is 13.3. The van der Waals surface area contributed by atoms with Crippen LogP contribution in [0.4, 0.5) is 0 Å². The lowest BCUT2D eigenvalue weighted by Crippen LogP contribution is -2.37. The van der Waals surface area contributed by atoms with Crippen molar-refractivity contribution in [2.45, 2.75) is 59.3 Å². The van der Waals surface area contributed by atoms with Crippen molar-refractivity contribution >= 4 is 11.6 Å². The van der Waals surface area contributed by atoms with Gasteiger partial charge in [0, 0.05) is 60.8 Å². The standard InChI is InChI=1S/C26H28N2O3/c1-25(2)11-18(29)23-20(13-25)31-21-14-26(3,4)12-19(30)24(21)22(23)16-5-7-17(8-6-16)28-10-9-27-15-28/h5-10,15,22H,11-14H2,1-4H3. The molecule has 1 aliphatic heterocycles. The van der Waals surface area contributed by atoms with Crippen molar-refractivity contribution in [3.63, 3.8) is 0 Å². The topological polar surface area (TPSA) is 61.2 Å². The van der Waals surface area contributed by atoms with E-state index in [0.717, 1.165) is 22.8 Å². The molecule has 5 rings (SSSR count). The number of carbonyl (C=O) groups excluding carboxylic acids is 2. The van der Waals surface area contributed by atoms with Crippen LogP contribution in [0.3, 0.4) is 0 Å². The van der Waals surface area contributed by atoms with Crippen molar-refractivity contribution in [3.8, 4) is 5.69 Å². The summed E-state index contributed by atoms with van der Waals surface area (Å²) in [6.45, 7) is 8.42. The highest BCUT2D eigenvalue weighted by molar-refractivity contribution is 6.06. The Bertz CT molecular complexity index is 1080. The average molecular weight is 417 g/mol. The average Bonchev–Trinajstić information content (AvgIpc) is 3.19. The molecule has 0 spiro atoms. The van der Waals surface area contributed by atoms with E-state index in [1.165, 1.54) is 0 Å². The molecule has 3 aliphatic rings. The van der Waals surface area contributed by atoms with Crippen molar-refractivity contribution in [1.82, 2.24) is 9.55 Å². The van der Waals surface area contributed by atoms with Crippen LogP contribution in [0.1, 0.15) is 64.9 Å². The van der Waals surface area contributed by atoms with Crippen LogP contribution < -0.4 is 0 Å². The molecule has 5 heteroatoms. The molecule has 0 fully saturated rings. The van der Waals surface area contributed by atoms with Crippen LogP contribution in [-0.4, -0.2) is 21.1 Å². The molecule has 0 bridgehead atoms. The van der Waals surface area contributed by atoms with Gasteiger partial charge in [0.15, 0.2) is 11.6 Å². The number of hydrogen-bond acceptors (Lipinski definition) is 4. The van der Waals surface area contributed by atoms with Gasteiger partial charge in [-0.15, -0.1) is 0 Å². The molecule has 2 aliphatic carbocycles. The summed E-state index contributed by atoms with van der Waals surface area (Å²) in [6, 6.07) is 8.09. The molecule has 0 saturated carbocycles. The molecule has 2 aromatic rings. The molecule has 0 amide bonds. The number of allylic oxidation sites excluding steroid dienone is 4. The Morgan fingerprint density at radius 1 is 0.871 bits per heavy atom. The number of nitrogens with zero attached hydrogens (tertiary/aromatic N) is 2. The zero-order valence-electron chi connectivity index (χ0n) is 18.6. The molecule has 0 radical (unpaired) electrons. The summed E-state index contributed by atoms with van der Waals surface area (Å²) >= 11 is 0. The number of ketones is 2. The highest BCUT2D eigenvalue weighted by Gasteiger charge is 2.47. The van der Waals surface area contributed by atoms with Gasteiger partial charge in [0.1, 0.15) is 11.5 Å². The molecule has 1 aromatic heterocycles. The fourth-order valence-corrected chi connectivity index (χ4v) is 5.26. The zero-order chi connectivity index (χ0) is 22.0. The van der Waals surface area contributed by atoms with Crippen LogP contribution >= 0.6 is 0 Å². The summed E-state index contributed by atoms with van der Waals surface area (Å²) in [5.74, 6) is 1.37. The Morgan fingerprint density at radius 3 is 1.90 bits per heavy atom. The first kappa shape index (κ1) is 20.0. The maximum Gasteiger partial charge on any atom is 0.163 e. The van der Waals surface area contributed by atoms with Gasteiger partial charge in [-0.2, -0.15) is 0 Å². The summed E-state index contributed by atoms with van der Waals surface area (Å²) < 4.78 is 8.28. The van der Waals surface area contributed by atoms with E-state index < -0.39 is 0 Å². The van der Waals surface area contributed by atoms with E-state index in [1.807, 2.05) is 35.0 Å². The minimum atomic E-state index is -0.345. The van der Waals surface area contributed by atoms with Crippen molar-refractivity contribution < 1.29 is 14.3 Å². The highest BCUT2D eigenvalue weighted by atomic mass is 16.5. The number of Topliss-reactive ketones (excluding diaryl/α,β-unsaturated/α-hetero) is 2. The number of hydrogen-bond donors (Lipinski definition) is 0. The van der Waals surface area contributed by atoms with Crippen molar-refractivity contribution in [2.24, 2.45) is 10.8 Å². The minimum Gasteiger partial charge on any atom is -0.465 e. The third-order valence-electron chi connectivity index (χ3n) is 6.61. The summed E-state index contributed by atoms with van der Waals surface area (Å²) in [7, 11) is 0. The van der Waals surface area contributed by atoms with E-state index in [2.05, 4.69) is 32.7 Å². The van der Waals surface area contributed by atoms with Gasteiger partial charge in [0.25, 0.3) is 0 Å². The molecule has 160 valence electrons. The second-order valence-electron chi connectivity index (χ2n) is 10.7. The third kappa shape index (κ3) is 3.46. The van der Waals surface area contributed by atoms with Crippen LogP contribution in [-0.2, 0) is 14.3 Å². The lowest BCUT2D eigenvalue weighted by Gasteiger charge is -2.42. The second kappa shape index (κ2) is 6.78. The minimum absolute atomic E-state index is 0.0964. The third-order valence-corrected chi connectivity index (χ3v) is 6.61. The Hall–Kier alpha value is -2.95. The Balaban J connectivity index is 1.64. The van der Waals surface area contributed by atoms with Gasteiger partial charge in [-0.05, 0) is 28.5 Å². The van der Waals surface area contributed by atoms with E-state index in [0.29, 0.717) is 36.8 Å². The van der Waals surface area contributed by atoms with Gasteiger partial charge >= 0.3 is 0 Å². The number of ether oxygens (including phenoxy) is 1. The van der Waals surface area contributed by atoms with E-state index >= 15 is 0 Å². The number of rotatable bonds is 2. The molecule has 0 atom stereocenters. The van der Waals surface area contributed by atoms with Gasteiger partial charge in [0.2, 0.25) is 0 Å². The van der Waals surface area contributed by atoms with E-state index in [-0.39, 0.29) is 28.3 Å². The van der Waals surface area contributed by atoms with Crippen LogP contribution in [0, 0.1) is 10.8 Å². The highest BCUT2D eigenvalue weighted by Crippen LogP contribution is 2.53. The first-order chi connectivity index (χ1) is 14.6. The molecule has 31 heavy (non-hydrogen) atoms. The molecule has 1 aromatic carbocycles. The predicted octanol–water partition coefficient (Wildman–Crippen LogP) is 5.27. The number of imidazole rings is 1. The van der Waals surface area contributed by atoms with E-state index in [1.54, 1.807) is 12.5 Å². The maximum absolute atomic E-state index is 13.3. The SMILES string of the molecule is CC1(C)CC(=O)C2=C(C1)OC1=C(C(=O)CC(C)(C)C1)C2c1ccc(-n2ccnc2)cc1. The first-order valence-corrected chi connectivity index (χ1v) is 10.9. The van der Waals surface area contributed by atoms with Gasteiger partial charge in [-0.3, -0.25) is 9.59 Å². The number of aromatic nitrogens is 2. The normalized spacial score (nSPS) is 22.8. The van der Waals surface area contributed by atoms with Crippen LogP contribution in [0.25, 0.3) is 5.69 Å². The molecule has 2 heterocycles. The number of carbonyl (C=O) groups is 2. The summed E-state index contributed by atoms with van der Waals surface area (Å²) in [4.78, 5) is 30.7. The fraction of sp³-hybridized carbons (Fsp3) is 0.423. The Labute approximate surface area is 182 Å². The molecule has 0 N–H and O–H groups in total. The monoisotopic (exact) mass is 416 g/mol. The Kier molecular flexibility index (Phi) is 4.37. The zero-order valence-corrected chi connectivity index (χ0v) is 18.6. The van der Waals surface area contributed by atoms with Gasteiger partial charge in [0.05, 0.1) is 6.33 Å². The lowest BCUT2D eigenvalue weighted by atomic mass is 9.65. The van der Waals surface area contributed by atoms with E-state index in [4.69, 9.17) is 4.74 Å².